The minimum Gasteiger partial charge on any atom is -0.353 e. The predicted octanol–water partition coefficient (Wildman–Crippen LogP) is 2.69. The third-order valence-electron chi connectivity index (χ3n) is 4.30. The number of fused-ring (bicyclic) bond motifs is 1. The van der Waals surface area contributed by atoms with Gasteiger partial charge in [0.15, 0.2) is 9.84 Å². The summed E-state index contributed by atoms with van der Waals surface area (Å²) in [5.74, 6) is 0.471. The number of rotatable bonds is 7. The van der Waals surface area contributed by atoms with E-state index in [1.807, 2.05) is 0 Å². The Morgan fingerprint density at radius 2 is 2.10 bits per heavy atom. The minimum absolute atomic E-state index is 0.231. The van der Waals surface area contributed by atoms with Gasteiger partial charge >= 0.3 is 0 Å². The molecule has 1 aromatic rings. The number of hydrogen-bond donors (Lipinski definition) is 1. The van der Waals surface area contributed by atoms with Crippen molar-refractivity contribution in [1.29, 1.82) is 0 Å². The molecule has 0 aliphatic heterocycles. The van der Waals surface area contributed by atoms with Crippen molar-refractivity contribution in [1.82, 2.24) is 9.88 Å². The van der Waals surface area contributed by atoms with Gasteiger partial charge in [-0.1, -0.05) is 20.3 Å². The van der Waals surface area contributed by atoms with Gasteiger partial charge in [0.05, 0.1) is 5.75 Å². The van der Waals surface area contributed by atoms with E-state index in [4.69, 9.17) is 0 Å². The molecule has 1 unspecified atom stereocenters. The monoisotopic (exact) mass is 312 g/mol. The quantitative estimate of drug-likeness (QED) is 0.788. The second-order valence-electron chi connectivity index (χ2n) is 5.97. The fourth-order valence-corrected chi connectivity index (χ4v) is 3.74. The number of sulfone groups is 1. The van der Waals surface area contributed by atoms with E-state index in [1.165, 1.54) is 30.4 Å². The Bertz CT molecular complexity index is 549. The van der Waals surface area contributed by atoms with E-state index in [2.05, 4.69) is 29.2 Å². The zero-order chi connectivity index (χ0) is 15.3. The number of aromatic nitrogens is 1. The molecule has 1 N–H and O–H groups in total. The summed E-state index contributed by atoms with van der Waals surface area (Å²) in [4.78, 5) is 0. The molecule has 5 heteroatoms. The molecule has 0 aromatic carbocycles. The Morgan fingerprint density at radius 3 is 2.81 bits per heavy atom. The molecule has 1 aromatic heterocycles. The van der Waals surface area contributed by atoms with Crippen molar-refractivity contribution in [3.05, 3.63) is 23.5 Å². The van der Waals surface area contributed by atoms with E-state index in [1.54, 1.807) is 6.92 Å². The lowest BCUT2D eigenvalue weighted by Gasteiger charge is -2.16. The lowest BCUT2D eigenvalue weighted by molar-refractivity contribution is 0.488. The third kappa shape index (κ3) is 4.58. The molecule has 0 saturated heterocycles. The van der Waals surface area contributed by atoms with Gasteiger partial charge in [0.1, 0.15) is 0 Å². The van der Waals surface area contributed by atoms with Gasteiger partial charge in [-0.05, 0) is 43.4 Å². The van der Waals surface area contributed by atoms with E-state index < -0.39 is 9.84 Å². The van der Waals surface area contributed by atoms with Crippen LogP contribution < -0.4 is 5.32 Å². The van der Waals surface area contributed by atoms with Gasteiger partial charge in [-0.15, -0.1) is 0 Å². The summed E-state index contributed by atoms with van der Waals surface area (Å²) >= 11 is 0. The first-order valence-corrected chi connectivity index (χ1v) is 10.00. The highest BCUT2D eigenvalue weighted by atomic mass is 32.2. The van der Waals surface area contributed by atoms with Crippen molar-refractivity contribution in [2.45, 2.75) is 58.5 Å². The molecule has 1 heterocycles. The first kappa shape index (κ1) is 16.6. The van der Waals surface area contributed by atoms with E-state index in [9.17, 15) is 8.42 Å². The van der Waals surface area contributed by atoms with Crippen molar-refractivity contribution >= 4 is 9.84 Å². The van der Waals surface area contributed by atoms with Crippen LogP contribution in [-0.2, 0) is 22.8 Å². The van der Waals surface area contributed by atoms with E-state index in [0.717, 1.165) is 19.4 Å². The van der Waals surface area contributed by atoms with E-state index in [0.29, 0.717) is 12.6 Å². The molecule has 0 saturated carbocycles. The lowest BCUT2D eigenvalue weighted by Crippen LogP contribution is -2.21. The van der Waals surface area contributed by atoms with Crippen LogP contribution >= 0.6 is 0 Å². The maximum absolute atomic E-state index is 11.7. The van der Waals surface area contributed by atoms with Crippen LogP contribution in [-0.4, -0.2) is 31.0 Å². The zero-order valence-corrected chi connectivity index (χ0v) is 14.1. The lowest BCUT2D eigenvalue weighted by atomic mass is 10.0. The molecular formula is C16H28N2O2S. The molecule has 4 nitrogen and oxygen atoms in total. The van der Waals surface area contributed by atoms with Crippen molar-refractivity contribution in [3.63, 3.8) is 0 Å². The maximum Gasteiger partial charge on any atom is 0.151 e. The second kappa shape index (κ2) is 7.45. The normalized spacial score (nSPS) is 19.2. The molecule has 1 aliphatic rings. The van der Waals surface area contributed by atoms with Crippen molar-refractivity contribution in [2.75, 3.05) is 18.1 Å². The Morgan fingerprint density at radius 1 is 1.29 bits per heavy atom. The Labute approximate surface area is 128 Å². The first-order valence-electron chi connectivity index (χ1n) is 8.18. The van der Waals surface area contributed by atoms with Crippen LogP contribution in [0.25, 0.3) is 0 Å². The van der Waals surface area contributed by atoms with Crippen molar-refractivity contribution in [2.24, 2.45) is 0 Å². The summed E-state index contributed by atoms with van der Waals surface area (Å²) < 4.78 is 25.4. The van der Waals surface area contributed by atoms with E-state index in [-0.39, 0.29) is 11.5 Å². The summed E-state index contributed by atoms with van der Waals surface area (Å²) in [5.41, 5.74) is 2.78. The highest BCUT2D eigenvalue weighted by Crippen LogP contribution is 2.29. The molecule has 0 spiro atoms. The summed E-state index contributed by atoms with van der Waals surface area (Å²) in [7, 11) is -2.89. The van der Waals surface area contributed by atoms with Gasteiger partial charge < -0.3 is 9.88 Å². The molecule has 1 aliphatic carbocycles. The average Bonchev–Trinajstić information content (AvgIpc) is 2.79. The summed E-state index contributed by atoms with van der Waals surface area (Å²) in [5, 5.41) is 3.63. The molecule has 0 radical (unpaired) electrons. The topological polar surface area (TPSA) is 51.1 Å². The molecule has 0 bridgehead atoms. The SMILES string of the molecule is CCCNC1CCCCc2cn(CCS(=O)(=O)CC)cc21. The summed E-state index contributed by atoms with van der Waals surface area (Å²) in [6, 6.07) is 0.437. The highest BCUT2D eigenvalue weighted by molar-refractivity contribution is 7.91. The van der Waals surface area contributed by atoms with Crippen molar-refractivity contribution < 1.29 is 8.42 Å². The highest BCUT2D eigenvalue weighted by Gasteiger charge is 2.20. The third-order valence-corrected chi connectivity index (χ3v) is 5.99. The molecule has 2 rings (SSSR count). The van der Waals surface area contributed by atoms with Gasteiger partial charge in [0.25, 0.3) is 0 Å². The van der Waals surface area contributed by atoms with Gasteiger partial charge in [-0.2, -0.15) is 0 Å². The average molecular weight is 312 g/mol. The van der Waals surface area contributed by atoms with Gasteiger partial charge in [0, 0.05) is 30.7 Å². The first-order chi connectivity index (χ1) is 10.1. The molecule has 21 heavy (non-hydrogen) atoms. The van der Waals surface area contributed by atoms with Crippen LogP contribution in [0.4, 0.5) is 0 Å². The number of nitrogens with one attached hydrogen (secondary N) is 1. The van der Waals surface area contributed by atoms with Gasteiger partial charge in [0.2, 0.25) is 0 Å². The largest absolute Gasteiger partial charge is 0.353 e. The van der Waals surface area contributed by atoms with Crippen LogP contribution in [0.1, 0.15) is 56.7 Å². The maximum atomic E-state index is 11.7. The molecule has 1 atom stereocenters. The molecule has 0 fully saturated rings. The molecule has 0 amide bonds. The summed E-state index contributed by atoms with van der Waals surface area (Å²) in [6.45, 7) is 5.51. The fourth-order valence-electron chi connectivity index (χ4n) is 2.96. The molecular weight excluding hydrogens is 284 g/mol. The standard InChI is InChI=1S/C16H28N2O2S/c1-3-9-17-16-8-6-5-7-14-12-18(13-15(14)16)10-11-21(19,20)4-2/h12-13,16-17H,3-11H2,1-2H3. The number of hydrogen-bond acceptors (Lipinski definition) is 3. The van der Waals surface area contributed by atoms with Crippen molar-refractivity contribution in [3.8, 4) is 0 Å². The van der Waals surface area contributed by atoms with Crippen LogP contribution in [0.3, 0.4) is 0 Å². The molecule has 120 valence electrons. The predicted molar refractivity (Wildman–Crippen MR) is 87.3 cm³/mol. The Balaban J connectivity index is 2.10. The van der Waals surface area contributed by atoms with Crippen LogP contribution in [0.15, 0.2) is 12.4 Å². The Kier molecular flexibility index (Phi) is 5.88. The summed E-state index contributed by atoms with van der Waals surface area (Å²) in [6.07, 6.45) is 10.3. The van der Waals surface area contributed by atoms with E-state index >= 15 is 0 Å². The van der Waals surface area contributed by atoms with Crippen LogP contribution in [0.2, 0.25) is 0 Å². The minimum atomic E-state index is -2.89. The van der Waals surface area contributed by atoms with Gasteiger partial charge in [-0.3, -0.25) is 0 Å². The number of aryl methyl sites for hydroxylation is 2. The Hall–Kier alpha value is -0.810. The van der Waals surface area contributed by atoms with Crippen LogP contribution in [0.5, 0.6) is 0 Å². The second-order valence-corrected chi connectivity index (χ2v) is 8.44. The fraction of sp³-hybridized carbons (Fsp3) is 0.750. The van der Waals surface area contributed by atoms with Crippen LogP contribution in [0, 0.1) is 0 Å². The number of nitrogens with zero attached hydrogens (tertiary/aromatic N) is 1. The zero-order valence-electron chi connectivity index (χ0n) is 13.3. The smallest absolute Gasteiger partial charge is 0.151 e. The van der Waals surface area contributed by atoms with Gasteiger partial charge in [-0.25, -0.2) is 8.42 Å².